The van der Waals surface area contributed by atoms with Crippen LogP contribution in [0.4, 0.5) is 11.4 Å². The van der Waals surface area contributed by atoms with E-state index in [2.05, 4.69) is 31.0 Å². The van der Waals surface area contributed by atoms with Crippen molar-refractivity contribution in [2.24, 2.45) is 0 Å². The molecule has 1 aromatic rings. The zero-order chi connectivity index (χ0) is 13.5. The summed E-state index contributed by atoms with van der Waals surface area (Å²) >= 11 is 5.12. The van der Waals surface area contributed by atoms with E-state index in [4.69, 9.17) is 12.2 Å². The van der Waals surface area contributed by atoms with Crippen molar-refractivity contribution in [3.05, 3.63) is 14.7 Å². The van der Waals surface area contributed by atoms with Crippen LogP contribution in [0.5, 0.6) is 0 Å². The number of anilines is 2. The third-order valence-electron chi connectivity index (χ3n) is 3.30. The van der Waals surface area contributed by atoms with Gasteiger partial charge in [0.25, 0.3) is 0 Å². The highest BCUT2D eigenvalue weighted by atomic mass is 32.1. The molecule has 3 nitrogen and oxygen atoms in total. The minimum Gasteiger partial charge on any atom is -0.382 e. The molecule has 1 aromatic carbocycles. The maximum Gasteiger partial charge on any atom is 0.224 e. The van der Waals surface area contributed by atoms with E-state index in [1.165, 1.54) is 19.3 Å². The van der Waals surface area contributed by atoms with Crippen molar-refractivity contribution >= 4 is 23.6 Å². The maximum atomic E-state index is 11.8. The normalized spacial score (nSPS) is 10.8. The molecule has 1 rings (SSSR count). The lowest BCUT2D eigenvalue weighted by Gasteiger charge is -2.26. The summed E-state index contributed by atoms with van der Waals surface area (Å²) in [5.74, 6) is 0. The van der Waals surface area contributed by atoms with Crippen LogP contribution >= 0.6 is 12.2 Å². The van der Waals surface area contributed by atoms with Gasteiger partial charge in [0.2, 0.25) is 5.43 Å². The molecular weight excluding hydrogens is 244 g/mol. The summed E-state index contributed by atoms with van der Waals surface area (Å²) in [6, 6.07) is 0. The molecule has 4 heteroatoms. The topological polar surface area (TPSA) is 32.3 Å². The summed E-state index contributed by atoms with van der Waals surface area (Å²) in [6.45, 7) is 8.93. The summed E-state index contributed by atoms with van der Waals surface area (Å²) in [4.78, 5) is 13.9. The summed E-state index contributed by atoms with van der Waals surface area (Å²) in [5, 5.41) is 3.33. The molecule has 0 unspecified atom stereocenters. The monoisotopic (exact) mass is 268 g/mol. The number of nitrogens with zero attached hydrogens (tertiary/aromatic N) is 1. The van der Waals surface area contributed by atoms with Gasteiger partial charge in [0, 0.05) is 19.6 Å². The van der Waals surface area contributed by atoms with Crippen molar-refractivity contribution in [1.82, 2.24) is 0 Å². The smallest absolute Gasteiger partial charge is 0.224 e. The van der Waals surface area contributed by atoms with Gasteiger partial charge in [0.05, 0.1) is 5.69 Å². The highest BCUT2D eigenvalue weighted by Crippen LogP contribution is 2.26. The molecular formula is C14H24N2OS. The van der Waals surface area contributed by atoms with Gasteiger partial charge in [0.1, 0.15) is 10.2 Å². The molecule has 102 valence electrons. The van der Waals surface area contributed by atoms with Gasteiger partial charge in [0.15, 0.2) is 0 Å². The zero-order valence-corrected chi connectivity index (χ0v) is 12.5. The van der Waals surface area contributed by atoms with Crippen LogP contribution in [-0.2, 0) is 0 Å². The highest BCUT2D eigenvalue weighted by Gasteiger charge is 2.21. The third-order valence-corrected chi connectivity index (χ3v) is 3.69. The number of unbranched alkanes of at least 4 members (excludes halogenated alkanes) is 3. The van der Waals surface area contributed by atoms with Gasteiger partial charge < -0.3 is 10.2 Å². The average Bonchev–Trinajstić information content (AvgIpc) is 2.40. The SMILES string of the molecule is CCCCCCNc1c(N(CC)CC)c(=O)c1=S. The molecule has 0 fully saturated rings. The summed E-state index contributed by atoms with van der Waals surface area (Å²) in [7, 11) is 0. The Bertz CT molecular complexity index is 431. The summed E-state index contributed by atoms with van der Waals surface area (Å²) < 4.78 is 0.479. The molecule has 0 atom stereocenters. The van der Waals surface area contributed by atoms with Gasteiger partial charge in [-0.2, -0.15) is 0 Å². The first kappa shape index (κ1) is 15.2. The average molecular weight is 268 g/mol. The summed E-state index contributed by atoms with van der Waals surface area (Å²) in [5.41, 5.74) is 1.72. The van der Waals surface area contributed by atoms with Crippen LogP contribution in [0.25, 0.3) is 0 Å². The molecule has 0 saturated carbocycles. The van der Waals surface area contributed by atoms with Crippen LogP contribution in [0.15, 0.2) is 4.79 Å². The molecule has 0 bridgehead atoms. The molecule has 0 saturated heterocycles. The van der Waals surface area contributed by atoms with Crippen molar-refractivity contribution < 1.29 is 0 Å². The van der Waals surface area contributed by atoms with Crippen LogP contribution < -0.4 is 15.6 Å². The second-order valence-electron chi connectivity index (χ2n) is 4.54. The Morgan fingerprint density at radius 2 is 1.78 bits per heavy atom. The molecule has 0 heterocycles. The molecule has 1 N–H and O–H groups in total. The largest absolute Gasteiger partial charge is 0.382 e. The molecule has 0 aromatic heterocycles. The van der Waals surface area contributed by atoms with Crippen molar-refractivity contribution in [3.8, 4) is 0 Å². The predicted molar refractivity (Wildman–Crippen MR) is 82.1 cm³/mol. The molecule has 0 aliphatic rings. The van der Waals surface area contributed by atoms with E-state index in [9.17, 15) is 4.79 Å². The Labute approximate surface area is 115 Å². The standard InChI is InChI=1S/C14H24N2OS/c1-4-7-8-9-10-15-11-12(13(17)14(11)18)16(5-2)6-3/h15H,4-10H2,1-3H3. The molecule has 0 aliphatic heterocycles. The van der Waals surface area contributed by atoms with Crippen LogP contribution in [0, 0.1) is 4.51 Å². The second-order valence-corrected chi connectivity index (χ2v) is 4.95. The Balaban J connectivity index is 2.58. The number of nitrogens with one attached hydrogen (secondary N) is 1. The third kappa shape index (κ3) is 3.31. The van der Waals surface area contributed by atoms with E-state index in [0.717, 1.165) is 37.4 Å². The molecule has 0 amide bonds. The van der Waals surface area contributed by atoms with Gasteiger partial charge in [-0.05, 0) is 20.3 Å². The van der Waals surface area contributed by atoms with Gasteiger partial charge >= 0.3 is 0 Å². The molecule has 0 aliphatic carbocycles. The molecule has 0 radical (unpaired) electrons. The fraction of sp³-hybridized carbons (Fsp3) is 0.714. The lowest BCUT2D eigenvalue weighted by molar-refractivity contribution is 0.684. The van der Waals surface area contributed by atoms with E-state index in [1.54, 1.807) is 0 Å². The Kier molecular flexibility index (Phi) is 6.33. The first-order valence-corrected chi connectivity index (χ1v) is 7.40. The first-order chi connectivity index (χ1) is 8.67. The highest BCUT2D eigenvalue weighted by molar-refractivity contribution is 7.71. The Morgan fingerprint density at radius 3 is 2.33 bits per heavy atom. The van der Waals surface area contributed by atoms with Gasteiger partial charge in [-0.25, -0.2) is 0 Å². The van der Waals surface area contributed by atoms with E-state index < -0.39 is 0 Å². The van der Waals surface area contributed by atoms with E-state index >= 15 is 0 Å². The maximum absolute atomic E-state index is 11.8. The fourth-order valence-corrected chi connectivity index (χ4v) is 2.42. The molecule has 18 heavy (non-hydrogen) atoms. The summed E-state index contributed by atoms with van der Waals surface area (Å²) in [6.07, 6.45) is 4.88. The van der Waals surface area contributed by atoms with Gasteiger partial charge in [-0.3, -0.25) is 4.79 Å². The van der Waals surface area contributed by atoms with Crippen molar-refractivity contribution in [2.45, 2.75) is 46.5 Å². The van der Waals surface area contributed by atoms with E-state index in [-0.39, 0.29) is 5.43 Å². The predicted octanol–water partition coefficient (Wildman–Crippen LogP) is 3.49. The van der Waals surface area contributed by atoms with Crippen LogP contribution in [0.3, 0.4) is 0 Å². The lowest BCUT2D eigenvalue weighted by Crippen LogP contribution is -2.32. The van der Waals surface area contributed by atoms with Crippen molar-refractivity contribution in [1.29, 1.82) is 0 Å². The Hall–Kier alpha value is -0.900. The van der Waals surface area contributed by atoms with Crippen LogP contribution in [0.1, 0.15) is 46.5 Å². The minimum absolute atomic E-state index is 0.0322. The number of hydrogen-bond acceptors (Lipinski definition) is 4. The fourth-order valence-electron chi connectivity index (χ4n) is 2.15. The Morgan fingerprint density at radius 1 is 1.11 bits per heavy atom. The van der Waals surface area contributed by atoms with Crippen LogP contribution in [-0.4, -0.2) is 19.6 Å². The van der Waals surface area contributed by atoms with Gasteiger partial charge in [-0.15, -0.1) is 0 Å². The second kappa shape index (κ2) is 7.52. The van der Waals surface area contributed by atoms with E-state index in [1.807, 2.05) is 0 Å². The number of hydrogen-bond donors (Lipinski definition) is 1. The molecule has 0 spiro atoms. The first-order valence-electron chi connectivity index (χ1n) is 6.99. The van der Waals surface area contributed by atoms with Crippen molar-refractivity contribution in [3.63, 3.8) is 0 Å². The van der Waals surface area contributed by atoms with E-state index in [0.29, 0.717) is 4.51 Å². The lowest BCUT2D eigenvalue weighted by atomic mass is 10.1. The number of rotatable bonds is 9. The zero-order valence-electron chi connectivity index (χ0n) is 11.7. The minimum atomic E-state index is 0.0322. The quantitative estimate of drug-likeness (QED) is 0.549. The van der Waals surface area contributed by atoms with Crippen molar-refractivity contribution in [2.75, 3.05) is 29.9 Å². The van der Waals surface area contributed by atoms with Crippen LogP contribution in [0.2, 0.25) is 0 Å². The van der Waals surface area contributed by atoms with Gasteiger partial charge in [-0.1, -0.05) is 38.4 Å².